The summed E-state index contributed by atoms with van der Waals surface area (Å²) >= 11 is 0. The van der Waals surface area contributed by atoms with E-state index in [4.69, 9.17) is 8.83 Å². The second kappa shape index (κ2) is 8.57. The zero-order valence-electron chi connectivity index (χ0n) is 18.3. The maximum atomic E-state index is 12.5. The summed E-state index contributed by atoms with van der Waals surface area (Å²) in [5.41, 5.74) is 3.67. The van der Waals surface area contributed by atoms with Crippen molar-refractivity contribution < 1.29 is 13.6 Å². The van der Waals surface area contributed by atoms with Crippen LogP contribution in [0.5, 0.6) is 0 Å². The summed E-state index contributed by atoms with van der Waals surface area (Å²) in [6.07, 6.45) is 5.72. The highest BCUT2D eigenvalue weighted by Gasteiger charge is 2.27. The molecule has 1 aromatic carbocycles. The van der Waals surface area contributed by atoms with Gasteiger partial charge in [-0.25, -0.2) is 0 Å². The predicted molar refractivity (Wildman–Crippen MR) is 120 cm³/mol. The first-order valence-electron chi connectivity index (χ1n) is 11.1. The molecule has 1 amide bonds. The molecule has 0 spiro atoms. The van der Waals surface area contributed by atoms with Gasteiger partial charge in [0.05, 0.1) is 5.56 Å². The van der Waals surface area contributed by atoms with Gasteiger partial charge in [0.2, 0.25) is 11.8 Å². The maximum Gasteiger partial charge on any atom is 0.287 e. The quantitative estimate of drug-likeness (QED) is 0.468. The van der Waals surface area contributed by atoms with Gasteiger partial charge in [-0.2, -0.15) is 0 Å². The fourth-order valence-electron chi connectivity index (χ4n) is 4.32. The normalized spacial score (nSPS) is 18.7. The fraction of sp³-hybridized carbons (Fsp3) is 0.360. The number of carbonyl (C=O) groups is 1. The molecule has 5 rings (SSSR count). The number of fused-ring (bicyclic) bond motifs is 1. The molecule has 1 aliphatic rings. The SMILES string of the molecule is Cc1ccc2oc(C(=O)NCC3CCC(c4nnc(-c5ccc(C)nc5)o4)CC3)cc2c1. The number of hydrogen-bond acceptors (Lipinski definition) is 6. The first-order chi connectivity index (χ1) is 15.5. The van der Waals surface area contributed by atoms with Crippen LogP contribution in [0.3, 0.4) is 0 Å². The summed E-state index contributed by atoms with van der Waals surface area (Å²) < 4.78 is 11.6. The largest absolute Gasteiger partial charge is 0.451 e. The maximum absolute atomic E-state index is 12.5. The van der Waals surface area contributed by atoms with E-state index in [0.717, 1.165) is 53.5 Å². The molecular weight excluding hydrogens is 404 g/mol. The minimum absolute atomic E-state index is 0.158. The number of hydrogen-bond donors (Lipinski definition) is 1. The standard InChI is InChI=1S/C25H26N4O3/c1-15-3-10-21-20(11-15)12-22(31-21)23(30)27-13-17-5-8-18(9-6-17)24-28-29-25(32-24)19-7-4-16(2)26-14-19/h3-4,7,10-12,14,17-18H,5-6,8-9,13H2,1-2H3,(H,27,30). The van der Waals surface area contributed by atoms with Crippen LogP contribution in [0.2, 0.25) is 0 Å². The molecule has 3 heterocycles. The molecule has 0 bridgehead atoms. The molecule has 7 heteroatoms. The lowest BCUT2D eigenvalue weighted by Crippen LogP contribution is -2.30. The first-order valence-corrected chi connectivity index (χ1v) is 11.1. The second-order valence-corrected chi connectivity index (χ2v) is 8.71. The molecule has 3 aromatic heterocycles. The van der Waals surface area contributed by atoms with E-state index in [0.29, 0.717) is 30.0 Å². The Kier molecular flexibility index (Phi) is 5.47. The fourth-order valence-corrected chi connectivity index (χ4v) is 4.32. The zero-order chi connectivity index (χ0) is 22.1. The Bertz CT molecular complexity index is 1230. The molecule has 1 aliphatic carbocycles. The number of furan rings is 1. The Morgan fingerprint density at radius 2 is 1.88 bits per heavy atom. The minimum Gasteiger partial charge on any atom is -0.451 e. The molecule has 0 unspecified atom stereocenters. The Hall–Kier alpha value is -3.48. The van der Waals surface area contributed by atoms with Crippen LogP contribution in [-0.2, 0) is 0 Å². The van der Waals surface area contributed by atoms with Crippen LogP contribution in [0, 0.1) is 19.8 Å². The van der Waals surface area contributed by atoms with E-state index in [1.807, 2.05) is 50.2 Å². The third kappa shape index (κ3) is 4.28. The molecule has 1 saturated carbocycles. The van der Waals surface area contributed by atoms with Gasteiger partial charge < -0.3 is 14.2 Å². The van der Waals surface area contributed by atoms with Crippen molar-refractivity contribution in [3.63, 3.8) is 0 Å². The van der Waals surface area contributed by atoms with E-state index in [1.54, 1.807) is 6.20 Å². The van der Waals surface area contributed by atoms with Crippen molar-refractivity contribution in [2.75, 3.05) is 6.54 Å². The van der Waals surface area contributed by atoms with Crippen LogP contribution >= 0.6 is 0 Å². The van der Waals surface area contributed by atoms with Gasteiger partial charge in [0.15, 0.2) is 5.76 Å². The number of nitrogens with zero attached hydrogens (tertiary/aromatic N) is 3. The third-order valence-electron chi connectivity index (χ3n) is 6.24. The Morgan fingerprint density at radius 1 is 1.03 bits per heavy atom. The summed E-state index contributed by atoms with van der Waals surface area (Å²) in [4.78, 5) is 16.8. The Morgan fingerprint density at radius 3 is 2.66 bits per heavy atom. The number of nitrogens with one attached hydrogen (secondary N) is 1. The van der Waals surface area contributed by atoms with Gasteiger partial charge in [-0.3, -0.25) is 9.78 Å². The van der Waals surface area contributed by atoms with E-state index in [1.165, 1.54) is 0 Å². The number of rotatable bonds is 5. The van der Waals surface area contributed by atoms with Crippen LogP contribution < -0.4 is 5.32 Å². The summed E-state index contributed by atoms with van der Waals surface area (Å²) in [6, 6.07) is 11.6. The Labute approximate surface area is 186 Å². The highest BCUT2D eigenvalue weighted by molar-refractivity contribution is 5.96. The van der Waals surface area contributed by atoms with Gasteiger partial charge in [0.1, 0.15) is 5.58 Å². The van der Waals surface area contributed by atoms with Crippen molar-refractivity contribution in [2.45, 2.75) is 45.4 Å². The van der Waals surface area contributed by atoms with Gasteiger partial charge in [-0.1, -0.05) is 11.6 Å². The summed E-state index contributed by atoms with van der Waals surface area (Å²) in [6.45, 7) is 4.62. The van der Waals surface area contributed by atoms with Crippen LogP contribution in [0.15, 0.2) is 51.4 Å². The summed E-state index contributed by atoms with van der Waals surface area (Å²) in [5.74, 6) is 2.12. The molecule has 32 heavy (non-hydrogen) atoms. The molecule has 164 valence electrons. The number of amides is 1. The van der Waals surface area contributed by atoms with Crippen molar-refractivity contribution >= 4 is 16.9 Å². The van der Waals surface area contributed by atoms with Crippen molar-refractivity contribution in [2.24, 2.45) is 5.92 Å². The van der Waals surface area contributed by atoms with Crippen LogP contribution in [-0.4, -0.2) is 27.6 Å². The van der Waals surface area contributed by atoms with Crippen molar-refractivity contribution in [3.05, 3.63) is 65.5 Å². The van der Waals surface area contributed by atoms with Crippen LogP contribution in [0.25, 0.3) is 22.4 Å². The molecule has 0 radical (unpaired) electrons. The highest BCUT2D eigenvalue weighted by Crippen LogP contribution is 2.36. The molecule has 0 aliphatic heterocycles. The number of aryl methyl sites for hydroxylation is 2. The van der Waals surface area contributed by atoms with Crippen LogP contribution in [0.1, 0.15) is 59.3 Å². The average Bonchev–Trinajstić information content (AvgIpc) is 3.46. The van der Waals surface area contributed by atoms with Crippen molar-refractivity contribution in [3.8, 4) is 11.5 Å². The topological polar surface area (TPSA) is 94.1 Å². The molecule has 1 N–H and O–H groups in total. The first kappa shape index (κ1) is 20.4. The van der Waals surface area contributed by atoms with E-state index >= 15 is 0 Å². The molecule has 4 aromatic rings. The monoisotopic (exact) mass is 430 g/mol. The van der Waals surface area contributed by atoms with E-state index in [9.17, 15) is 4.79 Å². The number of pyridine rings is 1. The van der Waals surface area contributed by atoms with E-state index in [2.05, 4.69) is 20.5 Å². The number of aromatic nitrogens is 3. The van der Waals surface area contributed by atoms with Gasteiger partial charge >= 0.3 is 0 Å². The lowest BCUT2D eigenvalue weighted by molar-refractivity contribution is 0.0916. The molecular formula is C25H26N4O3. The van der Waals surface area contributed by atoms with Gasteiger partial charge in [0.25, 0.3) is 5.91 Å². The lowest BCUT2D eigenvalue weighted by atomic mass is 9.82. The Balaban J connectivity index is 1.14. The lowest BCUT2D eigenvalue weighted by Gasteiger charge is -2.26. The highest BCUT2D eigenvalue weighted by atomic mass is 16.4. The molecule has 0 saturated heterocycles. The van der Waals surface area contributed by atoms with Gasteiger partial charge in [0, 0.05) is 29.7 Å². The summed E-state index contributed by atoms with van der Waals surface area (Å²) in [7, 11) is 0. The second-order valence-electron chi connectivity index (χ2n) is 8.71. The zero-order valence-corrected chi connectivity index (χ0v) is 18.3. The molecule has 0 atom stereocenters. The minimum atomic E-state index is -0.158. The van der Waals surface area contributed by atoms with Gasteiger partial charge in [-0.05, 0) is 75.8 Å². The summed E-state index contributed by atoms with van der Waals surface area (Å²) in [5, 5.41) is 12.5. The van der Waals surface area contributed by atoms with Crippen molar-refractivity contribution in [1.29, 1.82) is 0 Å². The predicted octanol–water partition coefficient (Wildman–Crippen LogP) is 5.20. The third-order valence-corrected chi connectivity index (χ3v) is 6.24. The van der Waals surface area contributed by atoms with Crippen LogP contribution in [0.4, 0.5) is 0 Å². The molecule has 1 fully saturated rings. The van der Waals surface area contributed by atoms with Gasteiger partial charge in [-0.15, -0.1) is 10.2 Å². The van der Waals surface area contributed by atoms with E-state index in [-0.39, 0.29) is 11.8 Å². The number of carbonyl (C=O) groups excluding carboxylic acids is 1. The van der Waals surface area contributed by atoms with E-state index < -0.39 is 0 Å². The molecule has 7 nitrogen and oxygen atoms in total. The number of benzene rings is 1. The smallest absolute Gasteiger partial charge is 0.287 e. The van der Waals surface area contributed by atoms with Crippen molar-refractivity contribution in [1.82, 2.24) is 20.5 Å². The average molecular weight is 431 g/mol.